The highest BCUT2D eigenvalue weighted by Gasteiger charge is 2.43. The number of rotatable bonds is 4. The van der Waals surface area contributed by atoms with Crippen molar-refractivity contribution in [3.05, 3.63) is 0 Å². The van der Waals surface area contributed by atoms with E-state index in [1.165, 1.54) is 0 Å². The highest BCUT2D eigenvalue weighted by Crippen LogP contribution is 2.35. The molecule has 5 heteroatoms. The molecule has 0 bridgehead atoms. The molecule has 2 N–H and O–H groups in total. The van der Waals surface area contributed by atoms with E-state index in [9.17, 15) is 13.2 Å². The molecule has 2 unspecified atom stereocenters. The van der Waals surface area contributed by atoms with Gasteiger partial charge in [-0.25, -0.2) is 0 Å². The zero-order valence-corrected chi connectivity index (χ0v) is 8.88. The summed E-state index contributed by atoms with van der Waals surface area (Å²) in [7, 11) is 0. The molecule has 0 aromatic rings. The Morgan fingerprint density at radius 3 is 2.00 bits per heavy atom. The van der Waals surface area contributed by atoms with Crippen LogP contribution in [-0.2, 0) is 0 Å². The van der Waals surface area contributed by atoms with Crippen LogP contribution in [0.25, 0.3) is 0 Å². The first-order valence-electron chi connectivity index (χ1n) is 4.26. The Hall–Kier alpha value is 0.100. The maximum atomic E-state index is 12.4. The highest BCUT2D eigenvalue weighted by atomic mass is 32.2. The summed E-state index contributed by atoms with van der Waals surface area (Å²) in [6.07, 6.45) is -3.84. The Bertz CT molecular complexity index is 147. The van der Waals surface area contributed by atoms with Gasteiger partial charge in [-0.15, -0.1) is 11.8 Å². The summed E-state index contributed by atoms with van der Waals surface area (Å²) in [5, 5.41) is -1.48. The van der Waals surface area contributed by atoms with E-state index in [-0.39, 0.29) is 5.25 Å². The Balaban J connectivity index is 4.37. The van der Waals surface area contributed by atoms with Crippen molar-refractivity contribution in [3.63, 3.8) is 0 Å². The molecule has 0 radical (unpaired) electrons. The smallest absolute Gasteiger partial charge is 0.326 e. The number of hydrogen-bond donors (Lipinski definition) is 1. The van der Waals surface area contributed by atoms with Crippen molar-refractivity contribution in [2.24, 2.45) is 5.73 Å². The fourth-order valence-corrected chi connectivity index (χ4v) is 2.06. The molecule has 0 aromatic carbocycles. The lowest BCUT2D eigenvalue weighted by atomic mass is 10.1. The lowest BCUT2D eigenvalue weighted by Crippen LogP contribution is -2.43. The zero-order valence-electron chi connectivity index (χ0n) is 8.06. The molecule has 0 fully saturated rings. The van der Waals surface area contributed by atoms with Gasteiger partial charge < -0.3 is 5.73 Å². The summed E-state index contributed by atoms with van der Waals surface area (Å²) in [6.45, 7) is 5.15. The van der Waals surface area contributed by atoms with Crippen molar-refractivity contribution in [1.29, 1.82) is 0 Å². The second-order valence-corrected chi connectivity index (χ2v) is 4.94. The molecule has 0 aromatic heterocycles. The van der Waals surface area contributed by atoms with Crippen LogP contribution in [0.4, 0.5) is 13.2 Å². The van der Waals surface area contributed by atoms with Crippen molar-refractivity contribution in [2.75, 3.05) is 0 Å². The molecule has 2 atom stereocenters. The van der Waals surface area contributed by atoms with Crippen LogP contribution in [0.3, 0.4) is 0 Å². The normalized spacial score (nSPS) is 17.5. The van der Waals surface area contributed by atoms with Gasteiger partial charge in [-0.2, -0.15) is 13.2 Å². The Kier molecular flexibility index (Phi) is 5.14. The summed E-state index contributed by atoms with van der Waals surface area (Å²) < 4.78 is 37.3. The van der Waals surface area contributed by atoms with Crippen LogP contribution in [0.15, 0.2) is 0 Å². The Morgan fingerprint density at radius 1 is 1.31 bits per heavy atom. The van der Waals surface area contributed by atoms with E-state index < -0.39 is 17.5 Å². The fraction of sp³-hybridized carbons (Fsp3) is 1.00. The van der Waals surface area contributed by atoms with Crippen LogP contribution in [0, 0.1) is 0 Å². The first-order valence-corrected chi connectivity index (χ1v) is 5.21. The minimum atomic E-state index is -4.19. The van der Waals surface area contributed by atoms with Crippen LogP contribution in [-0.4, -0.2) is 22.7 Å². The summed E-state index contributed by atoms with van der Waals surface area (Å²) in [5.41, 5.74) is 5.41. The van der Waals surface area contributed by atoms with E-state index in [1.54, 1.807) is 20.8 Å². The molecule has 80 valence electrons. The SMILES string of the molecule is CCC(N)C(SC(C)C)C(F)(F)F. The van der Waals surface area contributed by atoms with Crippen molar-refractivity contribution in [3.8, 4) is 0 Å². The molecule has 0 aliphatic heterocycles. The van der Waals surface area contributed by atoms with Crippen molar-refractivity contribution >= 4 is 11.8 Å². The predicted octanol–water partition coefficient (Wildman–Crippen LogP) is 2.80. The molecule has 1 nitrogen and oxygen atoms in total. The van der Waals surface area contributed by atoms with Gasteiger partial charge in [-0.05, 0) is 11.7 Å². The van der Waals surface area contributed by atoms with Crippen LogP contribution in [0.2, 0.25) is 0 Å². The van der Waals surface area contributed by atoms with E-state index in [0.717, 1.165) is 11.8 Å². The molecule has 0 saturated carbocycles. The second kappa shape index (κ2) is 5.10. The number of hydrogen-bond acceptors (Lipinski definition) is 2. The number of alkyl halides is 3. The van der Waals surface area contributed by atoms with Gasteiger partial charge in [-0.1, -0.05) is 20.8 Å². The highest BCUT2D eigenvalue weighted by molar-refractivity contribution is 8.00. The van der Waals surface area contributed by atoms with Gasteiger partial charge in [-0.3, -0.25) is 0 Å². The molecular formula is C8H16F3NS. The van der Waals surface area contributed by atoms with E-state index in [0.29, 0.717) is 6.42 Å². The maximum absolute atomic E-state index is 12.4. The van der Waals surface area contributed by atoms with Crippen LogP contribution in [0.1, 0.15) is 27.2 Å². The third-order valence-electron chi connectivity index (χ3n) is 1.60. The van der Waals surface area contributed by atoms with Crippen LogP contribution < -0.4 is 5.73 Å². The van der Waals surface area contributed by atoms with Crippen LogP contribution in [0.5, 0.6) is 0 Å². The molecule has 0 aliphatic carbocycles. The largest absolute Gasteiger partial charge is 0.402 e. The third kappa shape index (κ3) is 4.76. The molecule has 0 saturated heterocycles. The minimum absolute atomic E-state index is 0.0516. The third-order valence-corrected chi connectivity index (χ3v) is 3.06. The first kappa shape index (κ1) is 13.1. The monoisotopic (exact) mass is 215 g/mol. The van der Waals surface area contributed by atoms with Gasteiger partial charge >= 0.3 is 6.18 Å². The van der Waals surface area contributed by atoms with Crippen molar-refractivity contribution in [1.82, 2.24) is 0 Å². The second-order valence-electron chi connectivity index (χ2n) is 3.22. The Labute approximate surface area is 81.3 Å². The van der Waals surface area contributed by atoms with E-state index >= 15 is 0 Å². The van der Waals surface area contributed by atoms with E-state index in [2.05, 4.69) is 0 Å². The average Bonchev–Trinajstić information content (AvgIpc) is 1.96. The summed E-state index contributed by atoms with van der Waals surface area (Å²) in [6, 6.07) is -0.799. The quantitative estimate of drug-likeness (QED) is 0.780. The standard InChI is InChI=1S/C8H16F3NS/c1-4-6(12)7(8(9,10)11)13-5(2)3/h5-7H,4,12H2,1-3H3. The van der Waals surface area contributed by atoms with Gasteiger partial charge in [0.15, 0.2) is 0 Å². The summed E-state index contributed by atoms with van der Waals surface area (Å²) in [5.74, 6) is 0. The van der Waals surface area contributed by atoms with Gasteiger partial charge in [0.05, 0.1) is 0 Å². The van der Waals surface area contributed by atoms with E-state index in [1.807, 2.05) is 0 Å². The minimum Gasteiger partial charge on any atom is -0.326 e. The molecular weight excluding hydrogens is 199 g/mol. The van der Waals surface area contributed by atoms with Gasteiger partial charge in [0.2, 0.25) is 0 Å². The summed E-state index contributed by atoms with van der Waals surface area (Å²) in [4.78, 5) is 0. The molecule has 0 heterocycles. The van der Waals surface area contributed by atoms with Gasteiger partial charge in [0, 0.05) is 6.04 Å². The van der Waals surface area contributed by atoms with Crippen molar-refractivity contribution in [2.45, 2.75) is 49.9 Å². The predicted molar refractivity (Wildman–Crippen MR) is 50.8 cm³/mol. The number of halogens is 3. The average molecular weight is 215 g/mol. The van der Waals surface area contributed by atoms with Gasteiger partial charge in [0.1, 0.15) is 5.25 Å². The summed E-state index contributed by atoms with van der Waals surface area (Å²) >= 11 is 0.889. The number of thioether (sulfide) groups is 1. The zero-order chi connectivity index (χ0) is 10.6. The number of nitrogens with two attached hydrogens (primary N) is 1. The Morgan fingerprint density at radius 2 is 1.77 bits per heavy atom. The lowest BCUT2D eigenvalue weighted by molar-refractivity contribution is -0.132. The molecule has 0 amide bonds. The lowest BCUT2D eigenvalue weighted by Gasteiger charge is -2.26. The van der Waals surface area contributed by atoms with E-state index in [4.69, 9.17) is 5.73 Å². The van der Waals surface area contributed by atoms with Gasteiger partial charge in [0.25, 0.3) is 0 Å². The van der Waals surface area contributed by atoms with Crippen LogP contribution >= 0.6 is 11.8 Å². The van der Waals surface area contributed by atoms with Crippen molar-refractivity contribution < 1.29 is 13.2 Å². The molecule has 0 spiro atoms. The maximum Gasteiger partial charge on any atom is 0.402 e. The topological polar surface area (TPSA) is 26.0 Å². The molecule has 0 rings (SSSR count). The molecule has 13 heavy (non-hydrogen) atoms. The first-order chi connectivity index (χ1) is 5.79. The fourth-order valence-electron chi connectivity index (χ4n) is 0.928. The molecule has 0 aliphatic rings.